The zero-order valence-electron chi connectivity index (χ0n) is 84.3. The summed E-state index contributed by atoms with van der Waals surface area (Å²) >= 11 is 0. The van der Waals surface area contributed by atoms with Gasteiger partial charge < -0.3 is 55.8 Å². The van der Waals surface area contributed by atoms with Crippen LogP contribution in [-0.2, 0) is 4.74 Å². The molecule has 10 aromatic heterocycles. The molecule has 5 N–H and O–H groups in total. The fourth-order valence-corrected chi connectivity index (χ4v) is 20.4. The maximum Gasteiger partial charge on any atom is 0.265 e. The second-order valence-corrected chi connectivity index (χ2v) is 38.8. The number of carbonyl (C=O) groups is 5. The molecule has 4 fully saturated rings. The molecule has 10 aromatic carbocycles. The van der Waals surface area contributed by atoms with Crippen LogP contribution in [0.3, 0.4) is 0 Å². The van der Waals surface area contributed by atoms with E-state index >= 15 is 0 Å². The minimum absolute atomic E-state index is 0.163. The third-order valence-electron chi connectivity index (χ3n) is 28.8. The summed E-state index contributed by atoms with van der Waals surface area (Å²) in [6.45, 7) is 19.0. The van der Waals surface area contributed by atoms with Crippen molar-refractivity contribution in [1.29, 1.82) is 0 Å². The van der Waals surface area contributed by atoms with Crippen molar-refractivity contribution in [2.75, 3.05) is 165 Å². The molecule has 0 spiro atoms. The van der Waals surface area contributed by atoms with Gasteiger partial charge in [-0.05, 0) is 267 Å². The van der Waals surface area contributed by atoms with Gasteiger partial charge in [-0.2, -0.15) is 0 Å². The Morgan fingerprint density at radius 2 is 0.487 bits per heavy atom. The van der Waals surface area contributed by atoms with Crippen molar-refractivity contribution in [2.24, 2.45) is 0 Å². The van der Waals surface area contributed by atoms with Crippen molar-refractivity contribution in [2.45, 2.75) is 51.4 Å². The van der Waals surface area contributed by atoms with E-state index < -0.39 is 0 Å². The average Bonchev–Trinajstić information content (AvgIpc) is 0.780. The van der Waals surface area contributed by atoms with Gasteiger partial charge in [0.15, 0.2) is 28.2 Å². The van der Waals surface area contributed by atoms with E-state index in [1.165, 1.54) is 73.4 Å². The predicted octanol–water partition coefficient (Wildman–Crippen LogP) is 13.5. The van der Waals surface area contributed by atoms with Crippen LogP contribution in [0.2, 0.25) is 0 Å². The summed E-state index contributed by atoms with van der Waals surface area (Å²) in [6, 6.07) is 75.5. The van der Waals surface area contributed by atoms with Crippen LogP contribution < -0.4 is 54.4 Å². The Balaban J connectivity index is 0.000000113. The fraction of sp³-hybridized carbons (Fsp3) is 0.280. The molecule has 0 radical (unpaired) electrons. The van der Waals surface area contributed by atoms with Gasteiger partial charge in [0.1, 0.15) is 0 Å². The smallest absolute Gasteiger partial charge is 0.265 e. The first-order valence-electron chi connectivity index (χ1n) is 51.7. The van der Waals surface area contributed by atoms with Gasteiger partial charge >= 0.3 is 0 Å². The molecule has 0 saturated carbocycles. The normalized spacial score (nSPS) is 14.4. The Kier molecular flexibility index (Phi) is 31.2. The minimum Gasteiger partial charge on any atom is -0.383 e. The number of aromatic nitrogens is 10. The lowest BCUT2D eigenvalue weighted by Crippen LogP contribution is -2.46. The summed E-state index contributed by atoms with van der Waals surface area (Å²) in [4.78, 5) is 167. The molecule has 0 aliphatic carbocycles. The standard InChI is InChI=1S/C24H25N5O2.2C24H24N4O2.C23H24N4O3.C23H22N4O2/c1-27-11-13-28(14-12-27)10-8-25-23(30)19-7-4-9-29-22(19)26-21-16-18-6-3-2-5-17(18)15-20(21)24(29)31;2*29-23(25-10-14-27-11-4-1-5-12-27)19-9-6-13-28-22(19)26-21-16-18-8-3-2-7-17(18)15-20(21)24(28)30;1-26(12-13-30-2)11-9-24-22(28)18-8-5-10-27-21(18)25-20-15-17-7-4-3-6-16(17)14-19(20)23(27)29;28-22(24-9-13-26-10-3-4-11-26)18-8-5-12-27-21(18)25-20-15-17-7-2-1-6-16(17)14-19(20)23(27)29/h2-7,9,15-16H,8,10-14H2,1H3,(H,25,30);2*2-3,6-9,13,15-16H,1,4-5,10-12,14H2,(H,25,29);3-8,10,14-15H,9,11-13H2,1-2H3,(H,24,28);1-2,5-8,12,14-15H,3-4,9-11,13H2,(H,24,28). The number of ether oxygens (including phenoxy) is 1. The number of fused-ring (bicyclic) bond motifs is 15. The van der Waals surface area contributed by atoms with Crippen LogP contribution in [0.1, 0.15) is 103 Å². The van der Waals surface area contributed by atoms with E-state index in [4.69, 9.17) is 19.7 Å². The minimum atomic E-state index is -0.250. The molecule has 14 heterocycles. The van der Waals surface area contributed by atoms with Crippen LogP contribution >= 0.6 is 0 Å². The summed E-state index contributed by atoms with van der Waals surface area (Å²) in [5, 5.41) is 27.7. The number of hydrogen-bond acceptors (Lipinski definition) is 22. The molecule has 20 aromatic rings. The number of piperidine rings is 2. The molecule has 32 heteroatoms. The SMILES string of the molecule is CN1CCN(CCNC(=O)c2cccn3c(=O)c4cc5ccccc5cc4nc23)CC1.COCCN(C)CCNC(=O)c1cccn2c(=O)c3cc4ccccc4cc3nc12.O=C(NCCN1CCCC1)c1cccn2c(=O)c3cc4ccccc4cc3nc12.O=C(NCCN1CCCCC1)c1cccn2c(=O)c3cc4ccccc4cc3nc12.O=C(NCCN1CCCCC1)c1cccn2c(=O)c3cc4ccccc4cc3nc12. The number of pyridine rings is 5. The van der Waals surface area contributed by atoms with Crippen LogP contribution in [0, 0.1) is 0 Å². The highest BCUT2D eigenvalue weighted by molar-refractivity contribution is 6.08. The Morgan fingerprint density at radius 1 is 0.273 bits per heavy atom. The quantitative estimate of drug-likeness (QED) is 0.0371. The van der Waals surface area contributed by atoms with Crippen molar-refractivity contribution in [3.8, 4) is 0 Å². The Morgan fingerprint density at radius 3 is 0.720 bits per heavy atom. The molecule has 0 bridgehead atoms. The van der Waals surface area contributed by atoms with Crippen molar-refractivity contribution >= 4 is 166 Å². The summed E-state index contributed by atoms with van der Waals surface area (Å²) in [5.74, 6) is -1.05. The zero-order chi connectivity index (χ0) is 103. The van der Waals surface area contributed by atoms with Crippen molar-refractivity contribution < 1.29 is 28.7 Å². The zero-order valence-corrected chi connectivity index (χ0v) is 84.3. The highest BCUT2D eigenvalue weighted by Gasteiger charge is 2.25. The molecular formula is C118H119N21O11. The first-order valence-corrected chi connectivity index (χ1v) is 51.7. The van der Waals surface area contributed by atoms with E-state index in [9.17, 15) is 47.9 Å². The van der Waals surface area contributed by atoms with Crippen molar-refractivity contribution in [1.82, 2.24) is 103 Å². The number of rotatable bonds is 23. The highest BCUT2D eigenvalue weighted by Crippen LogP contribution is 2.29. The number of likely N-dealkylation sites (N-methyl/N-ethyl adjacent to an activating group) is 2. The number of amides is 5. The van der Waals surface area contributed by atoms with Gasteiger partial charge in [0.2, 0.25) is 0 Å². The van der Waals surface area contributed by atoms with E-state index in [0.29, 0.717) is 156 Å². The van der Waals surface area contributed by atoms with Gasteiger partial charge in [0.05, 0.1) is 88.9 Å². The predicted molar refractivity (Wildman–Crippen MR) is 594 cm³/mol. The molecule has 32 nitrogen and oxygen atoms in total. The van der Waals surface area contributed by atoms with E-state index in [-0.39, 0.29) is 57.3 Å². The van der Waals surface area contributed by atoms with Crippen molar-refractivity contribution in [3.63, 3.8) is 0 Å². The number of methoxy groups -OCH3 is 1. The van der Waals surface area contributed by atoms with Gasteiger partial charge in [0.25, 0.3) is 57.3 Å². The van der Waals surface area contributed by atoms with Crippen LogP contribution in [0.5, 0.6) is 0 Å². The average molecular weight is 2010 g/mol. The van der Waals surface area contributed by atoms with E-state index in [1.54, 1.807) is 98.8 Å². The number of nitrogens with one attached hydrogen (secondary N) is 5. The van der Waals surface area contributed by atoms with Crippen molar-refractivity contribution in [3.05, 3.63) is 353 Å². The Labute approximate surface area is 862 Å². The van der Waals surface area contributed by atoms with Gasteiger partial charge in [-0.3, -0.25) is 74.8 Å². The monoisotopic (exact) mass is 2010 g/mol. The number of carbonyl (C=O) groups excluding carboxylic acids is 5. The Hall–Kier alpha value is -16.3. The van der Waals surface area contributed by atoms with E-state index in [0.717, 1.165) is 152 Å². The van der Waals surface area contributed by atoms with Gasteiger partial charge in [-0.25, -0.2) is 24.9 Å². The van der Waals surface area contributed by atoms with Crippen LogP contribution in [0.25, 0.3) is 137 Å². The van der Waals surface area contributed by atoms with Crippen LogP contribution in [0.4, 0.5) is 0 Å². The number of likely N-dealkylation sites (tertiary alicyclic amines) is 3. The molecule has 24 rings (SSSR count). The summed E-state index contributed by atoms with van der Waals surface area (Å²) in [7, 11) is 5.76. The van der Waals surface area contributed by atoms with Crippen LogP contribution in [0.15, 0.2) is 298 Å². The molecule has 150 heavy (non-hydrogen) atoms. The fourth-order valence-electron chi connectivity index (χ4n) is 20.4. The molecule has 4 aliphatic rings. The first kappa shape index (κ1) is 101. The molecule has 762 valence electrons. The molecule has 0 unspecified atom stereocenters. The highest BCUT2D eigenvalue weighted by atomic mass is 16.5. The van der Waals surface area contributed by atoms with Gasteiger partial charge in [-0.15, -0.1) is 0 Å². The van der Waals surface area contributed by atoms with Gasteiger partial charge in [-0.1, -0.05) is 134 Å². The lowest BCUT2D eigenvalue weighted by atomic mass is 10.1. The van der Waals surface area contributed by atoms with Crippen LogP contribution in [-0.4, -0.2) is 271 Å². The third-order valence-corrected chi connectivity index (χ3v) is 28.8. The summed E-state index contributed by atoms with van der Waals surface area (Å²) in [5.41, 5.74) is 6.10. The second kappa shape index (κ2) is 46.4. The molecule has 4 saturated heterocycles. The molecule has 0 atom stereocenters. The first-order chi connectivity index (χ1) is 73.3. The largest absolute Gasteiger partial charge is 0.383 e. The molecule has 5 amide bonds. The number of nitrogens with zero attached hydrogens (tertiary/aromatic N) is 16. The maximum absolute atomic E-state index is 13.1. The third kappa shape index (κ3) is 22.6. The lowest BCUT2D eigenvalue weighted by Gasteiger charge is -2.32. The molecule has 4 aliphatic heterocycles. The second-order valence-electron chi connectivity index (χ2n) is 38.8. The topological polar surface area (TPSA) is 346 Å². The van der Waals surface area contributed by atoms with E-state index in [2.05, 4.69) is 73.0 Å². The lowest BCUT2D eigenvalue weighted by molar-refractivity contribution is 0.0935. The number of benzene rings is 10. The Bertz CT molecular complexity index is 8690. The maximum atomic E-state index is 13.1. The van der Waals surface area contributed by atoms with E-state index in [1.807, 2.05) is 189 Å². The summed E-state index contributed by atoms with van der Waals surface area (Å²) in [6.07, 6.45) is 18.3. The summed E-state index contributed by atoms with van der Waals surface area (Å²) < 4.78 is 12.4. The number of piperazine rings is 1. The molecular weight excluding hydrogens is 1890 g/mol. The van der Waals surface area contributed by atoms with Gasteiger partial charge in [0, 0.05) is 136 Å². The number of hydrogen-bond donors (Lipinski definition) is 5.